The first kappa shape index (κ1) is 11.0. The largest absolute Gasteiger partial charge is 0.375 e. The van der Waals surface area contributed by atoms with E-state index in [1.807, 2.05) is 0 Å². The van der Waals surface area contributed by atoms with Crippen LogP contribution in [-0.2, 0) is 4.74 Å². The Kier molecular flexibility index (Phi) is 2.75. The molecule has 3 rings (SSSR count). The molecular weight excluding hydrogens is 198 g/mol. The Labute approximate surface area is 98.9 Å². The van der Waals surface area contributed by atoms with Crippen LogP contribution in [0.5, 0.6) is 0 Å². The van der Waals surface area contributed by atoms with Gasteiger partial charge in [-0.2, -0.15) is 0 Å². The van der Waals surface area contributed by atoms with Gasteiger partial charge in [0.15, 0.2) is 0 Å². The van der Waals surface area contributed by atoms with Gasteiger partial charge >= 0.3 is 0 Å². The van der Waals surface area contributed by atoms with Crippen molar-refractivity contribution < 1.29 is 4.74 Å². The molecule has 2 aliphatic carbocycles. The monoisotopic (exact) mass is 223 g/mol. The Morgan fingerprint density at radius 2 is 1.69 bits per heavy atom. The topological polar surface area (TPSA) is 35.2 Å². The van der Waals surface area contributed by atoms with E-state index < -0.39 is 0 Å². The molecule has 1 saturated heterocycles. The summed E-state index contributed by atoms with van der Waals surface area (Å²) in [6, 6.07) is 0. The lowest BCUT2D eigenvalue weighted by atomic mass is 9.63. The fourth-order valence-electron chi connectivity index (χ4n) is 4.06. The molecule has 1 atom stereocenters. The predicted octanol–water partition coefficient (Wildman–Crippen LogP) is 3.00. The van der Waals surface area contributed by atoms with Gasteiger partial charge in [-0.15, -0.1) is 0 Å². The Hall–Kier alpha value is -0.0800. The molecule has 1 aliphatic heterocycles. The van der Waals surface area contributed by atoms with Gasteiger partial charge in [-0.25, -0.2) is 0 Å². The van der Waals surface area contributed by atoms with Gasteiger partial charge in [0.05, 0.1) is 5.60 Å². The van der Waals surface area contributed by atoms with Crippen molar-refractivity contribution >= 4 is 0 Å². The van der Waals surface area contributed by atoms with Gasteiger partial charge in [0, 0.05) is 12.1 Å². The predicted molar refractivity (Wildman–Crippen MR) is 65.3 cm³/mol. The van der Waals surface area contributed by atoms with Crippen LogP contribution in [0.3, 0.4) is 0 Å². The van der Waals surface area contributed by atoms with Gasteiger partial charge in [0.2, 0.25) is 0 Å². The summed E-state index contributed by atoms with van der Waals surface area (Å²) in [4.78, 5) is 0. The van der Waals surface area contributed by atoms with E-state index in [-0.39, 0.29) is 11.1 Å². The molecule has 2 nitrogen and oxygen atoms in total. The van der Waals surface area contributed by atoms with E-state index in [0.717, 1.165) is 12.5 Å². The maximum absolute atomic E-state index is 6.68. The molecule has 2 heteroatoms. The second-order valence-corrected chi connectivity index (χ2v) is 6.37. The molecule has 92 valence electrons. The maximum Gasteiger partial charge on any atom is 0.0686 e. The minimum atomic E-state index is 0.157. The molecule has 2 saturated carbocycles. The Bertz CT molecular complexity index is 253. The quantitative estimate of drug-likeness (QED) is 0.741. The molecule has 1 unspecified atom stereocenters. The lowest BCUT2D eigenvalue weighted by molar-refractivity contribution is -0.154. The number of hydrogen-bond donors (Lipinski definition) is 1. The Morgan fingerprint density at radius 1 is 0.938 bits per heavy atom. The molecule has 3 aliphatic rings. The third-order valence-electron chi connectivity index (χ3n) is 5.36. The van der Waals surface area contributed by atoms with Crippen molar-refractivity contribution in [2.75, 3.05) is 6.61 Å². The highest BCUT2D eigenvalue weighted by Crippen LogP contribution is 2.48. The summed E-state index contributed by atoms with van der Waals surface area (Å²) in [5, 5.41) is 0. The van der Waals surface area contributed by atoms with Crippen molar-refractivity contribution in [2.24, 2.45) is 11.7 Å². The van der Waals surface area contributed by atoms with Crippen molar-refractivity contribution in [1.82, 2.24) is 0 Å². The fraction of sp³-hybridized carbons (Fsp3) is 1.00. The zero-order valence-electron chi connectivity index (χ0n) is 10.3. The molecule has 16 heavy (non-hydrogen) atoms. The first-order valence-corrected chi connectivity index (χ1v) is 7.15. The standard InChI is InChI=1S/C14H25NO/c15-14(8-2-1-3-9-14)12-5-10-16-13(11-12)6-4-7-13/h12H,1-11,15H2. The van der Waals surface area contributed by atoms with E-state index in [1.165, 1.54) is 64.2 Å². The molecule has 1 spiro atoms. The summed E-state index contributed by atoms with van der Waals surface area (Å²) in [5.41, 5.74) is 7.11. The van der Waals surface area contributed by atoms with Gasteiger partial charge in [-0.05, 0) is 50.9 Å². The van der Waals surface area contributed by atoms with E-state index in [4.69, 9.17) is 10.5 Å². The zero-order chi connectivity index (χ0) is 11.1. The van der Waals surface area contributed by atoms with E-state index in [1.54, 1.807) is 0 Å². The molecule has 0 bridgehead atoms. The van der Waals surface area contributed by atoms with E-state index in [0.29, 0.717) is 0 Å². The van der Waals surface area contributed by atoms with Crippen molar-refractivity contribution in [1.29, 1.82) is 0 Å². The third-order valence-corrected chi connectivity index (χ3v) is 5.36. The van der Waals surface area contributed by atoms with E-state index in [2.05, 4.69) is 0 Å². The molecule has 0 aromatic heterocycles. The summed E-state index contributed by atoms with van der Waals surface area (Å²) >= 11 is 0. The van der Waals surface area contributed by atoms with Gasteiger partial charge in [-0.3, -0.25) is 0 Å². The van der Waals surface area contributed by atoms with Crippen LogP contribution in [0.25, 0.3) is 0 Å². The molecule has 2 N–H and O–H groups in total. The highest BCUT2D eigenvalue weighted by Gasteiger charge is 2.47. The fourth-order valence-corrected chi connectivity index (χ4v) is 4.06. The van der Waals surface area contributed by atoms with E-state index in [9.17, 15) is 0 Å². The Balaban J connectivity index is 1.68. The van der Waals surface area contributed by atoms with Crippen LogP contribution in [0.4, 0.5) is 0 Å². The molecular formula is C14H25NO. The number of hydrogen-bond acceptors (Lipinski definition) is 2. The first-order chi connectivity index (χ1) is 7.73. The molecule has 0 aromatic rings. The van der Waals surface area contributed by atoms with Crippen molar-refractivity contribution in [2.45, 2.75) is 75.3 Å². The van der Waals surface area contributed by atoms with Crippen molar-refractivity contribution in [3.05, 3.63) is 0 Å². The average molecular weight is 223 g/mol. The van der Waals surface area contributed by atoms with Crippen LogP contribution in [0, 0.1) is 5.92 Å². The summed E-state index contributed by atoms with van der Waals surface area (Å²) in [6.07, 6.45) is 13.0. The van der Waals surface area contributed by atoms with Crippen LogP contribution >= 0.6 is 0 Å². The smallest absolute Gasteiger partial charge is 0.0686 e. The number of nitrogens with two attached hydrogens (primary N) is 1. The van der Waals surface area contributed by atoms with Crippen LogP contribution < -0.4 is 5.73 Å². The Morgan fingerprint density at radius 3 is 2.31 bits per heavy atom. The van der Waals surface area contributed by atoms with Crippen molar-refractivity contribution in [3.63, 3.8) is 0 Å². The second-order valence-electron chi connectivity index (χ2n) is 6.37. The van der Waals surface area contributed by atoms with E-state index >= 15 is 0 Å². The number of ether oxygens (including phenoxy) is 1. The van der Waals surface area contributed by atoms with Gasteiger partial charge in [-0.1, -0.05) is 19.3 Å². The maximum atomic E-state index is 6.68. The SMILES string of the molecule is NC1(C2CCOC3(CCC3)C2)CCCCC1. The highest BCUT2D eigenvalue weighted by molar-refractivity contribution is 5.02. The minimum Gasteiger partial charge on any atom is -0.375 e. The van der Waals surface area contributed by atoms with Crippen molar-refractivity contribution in [3.8, 4) is 0 Å². The lowest BCUT2D eigenvalue weighted by Crippen LogP contribution is -2.56. The lowest BCUT2D eigenvalue weighted by Gasteiger charge is -2.52. The third kappa shape index (κ3) is 1.80. The van der Waals surface area contributed by atoms with Gasteiger partial charge < -0.3 is 10.5 Å². The molecule has 0 aromatic carbocycles. The summed E-state index contributed by atoms with van der Waals surface area (Å²) in [6.45, 7) is 0.962. The van der Waals surface area contributed by atoms with Gasteiger partial charge in [0.25, 0.3) is 0 Å². The minimum absolute atomic E-state index is 0.157. The molecule has 3 fully saturated rings. The number of rotatable bonds is 1. The molecule has 0 radical (unpaired) electrons. The molecule has 0 amide bonds. The molecule has 1 heterocycles. The van der Waals surface area contributed by atoms with Crippen LogP contribution in [0.1, 0.15) is 64.2 Å². The first-order valence-electron chi connectivity index (χ1n) is 7.15. The van der Waals surface area contributed by atoms with Crippen LogP contribution in [-0.4, -0.2) is 17.7 Å². The summed E-state index contributed by atoms with van der Waals surface area (Å²) in [7, 11) is 0. The van der Waals surface area contributed by atoms with Crippen LogP contribution in [0.2, 0.25) is 0 Å². The summed E-state index contributed by atoms with van der Waals surface area (Å²) in [5.74, 6) is 0.738. The highest BCUT2D eigenvalue weighted by atomic mass is 16.5. The normalized spacial score (nSPS) is 36.9. The summed E-state index contributed by atoms with van der Waals surface area (Å²) < 4.78 is 6.01. The second kappa shape index (κ2) is 3.99. The van der Waals surface area contributed by atoms with Crippen LogP contribution in [0.15, 0.2) is 0 Å². The van der Waals surface area contributed by atoms with Gasteiger partial charge in [0.1, 0.15) is 0 Å². The average Bonchev–Trinajstić information content (AvgIpc) is 2.28. The zero-order valence-corrected chi connectivity index (χ0v) is 10.3.